The highest BCUT2D eigenvalue weighted by atomic mass is 79.9. The molecule has 2 rings (SSSR count). The van der Waals surface area contributed by atoms with Crippen LogP contribution in [0.15, 0.2) is 27.6 Å². The number of benzene rings is 1. The molecule has 1 aliphatic heterocycles. The lowest BCUT2D eigenvalue weighted by Gasteiger charge is -2.29. The standard InChI is InChI=1S/C11H14BrNS/c1-11(2,3)13-7-8-9(12)5-4-6-10(8)14-13/h4-6H,7H2,1-3H3. The van der Waals surface area contributed by atoms with Crippen LogP contribution in [0.3, 0.4) is 0 Å². The lowest BCUT2D eigenvalue weighted by atomic mass is 10.1. The molecule has 0 amide bonds. The Morgan fingerprint density at radius 2 is 2.07 bits per heavy atom. The van der Waals surface area contributed by atoms with E-state index in [0.717, 1.165) is 6.54 Å². The van der Waals surface area contributed by atoms with Crippen molar-refractivity contribution in [2.75, 3.05) is 0 Å². The van der Waals surface area contributed by atoms with Crippen LogP contribution in [-0.4, -0.2) is 9.84 Å². The molecule has 0 unspecified atom stereocenters. The lowest BCUT2D eigenvalue weighted by molar-refractivity contribution is 0.274. The second-order valence-corrected chi connectivity index (χ2v) is 6.43. The highest BCUT2D eigenvalue weighted by Crippen LogP contribution is 2.43. The number of hydrogen-bond donors (Lipinski definition) is 0. The van der Waals surface area contributed by atoms with E-state index in [0.29, 0.717) is 0 Å². The zero-order valence-electron chi connectivity index (χ0n) is 8.67. The van der Waals surface area contributed by atoms with Crippen molar-refractivity contribution in [3.63, 3.8) is 0 Å². The molecule has 0 fully saturated rings. The summed E-state index contributed by atoms with van der Waals surface area (Å²) < 4.78 is 3.65. The number of nitrogens with zero attached hydrogens (tertiary/aromatic N) is 1. The van der Waals surface area contributed by atoms with Gasteiger partial charge in [-0.15, -0.1) is 0 Å². The Bertz CT molecular complexity index is 357. The third kappa shape index (κ3) is 1.86. The van der Waals surface area contributed by atoms with E-state index in [9.17, 15) is 0 Å². The zero-order valence-corrected chi connectivity index (χ0v) is 11.1. The van der Waals surface area contributed by atoms with Crippen molar-refractivity contribution in [3.8, 4) is 0 Å². The Labute approximate surface area is 98.1 Å². The van der Waals surface area contributed by atoms with Gasteiger partial charge in [-0.2, -0.15) is 0 Å². The predicted molar refractivity (Wildman–Crippen MR) is 65.3 cm³/mol. The van der Waals surface area contributed by atoms with E-state index in [4.69, 9.17) is 0 Å². The van der Waals surface area contributed by atoms with Crippen LogP contribution >= 0.6 is 27.9 Å². The highest BCUT2D eigenvalue weighted by molar-refractivity contribution is 9.10. The molecule has 0 spiro atoms. The minimum Gasteiger partial charge on any atom is -0.237 e. The first-order chi connectivity index (χ1) is 6.48. The van der Waals surface area contributed by atoms with Gasteiger partial charge in [0.15, 0.2) is 0 Å². The third-order valence-electron chi connectivity index (χ3n) is 2.33. The number of hydrogen-bond acceptors (Lipinski definition) is 2. The van der Waals surface area contributed by atoms with Gasteiger partial charge < -0.3 is 0 Å². The van der Waals surface area contributed by atoms with E-state index in [2.05, 4.69) is 59.2 Å². The van der Waals surface area contributed by atoms with E-state index in [1.54, 1.807) is 0 Å². The van der Waals surface area contributed by atoms with Crippen molar-refractivity contribution in [3.05, 3.63) is 28.2 Å². The maximum Gasteiger partial charge on any atom is 0.0372 e. The molecule has 1 heterocycles. The van der Waals surface area contributed by atoms with Gasteiger partial charge in [0.2, 0.25) is 0 Å². The fourth-order valence-corrected chi connectivity index (χ4v) is 3.20. The Morgan fingerprint density at radius 3 is 2.64 bits per heavy atom. The van der Waals surface area contributed by atoms with Crippen LogP contribution in [0.4, 0.5) is 0 Å². The summed E-state index contributed by atoms with van der Waals surface area (Å²) in [5.41, 5.74) is 1.65. The summed E-state index contributed by atoms with van der Waals surface area (Å²) in [4.78, 5) is 1.38. The van der Waals surface area contributed by atoms with Gasteiger partial charge in [0.1, 0.15) is 0 Å². The van der Waals surface area contributed by atoms with Crippen LogP contribution in [0.5, 0.6) is 0 Å². The normalized spacial score (nSPS) is 17.1. The van der Waals surface area contributed by atoms with Gasteiger partial charge >= 0.3 is 0 Å². The summed E-state index contributed by atoms with van der Waals surface area (Å²) in [7, 11) is 0. The third-order valence-corrected chi connectivity index (χ3v) is 4.55. The first kappa shape index (κ1) is 10.5. The van der Waals surface area contributed by atoms with Crippen molar-refractivity contribution in [1.82, 2.24) is 4.31 Å². The molecular weight excluding hydrogens is 258 g/mol. The van der Waals surface area contributed by atoms with Gasteiger partial charge in [0.25, 0.3) is 0 Å². The minimum absolute atomic E-state index is 0.225. The molecule has 0 aliphatic carbocycles. The maximum absolute atomic E-state index is 3.60. The van der Waals surface area contributed by atoms with E-state index in [-0.39, 0.29) is 5.54 Å². The average molecular weight is 272 g/mol. The van der Waals surface area contributed by atoms with E-state index in [1.807, 2.05) is 11.9 Å². The van der Waals surface area contributed by atoms with Gasteiger partial charge in [0.05, 0.1) is 0 Å². The summed E-state index contributed by atoms with van der Waals surface area (Å²) in [5, 5.41) is 0. The van der Waals surface area contributed by atoms with Gasteiger partial charge in [-0.1, -0.05) is 22.0 Å². The Kier molecular flexibility index (Phi) is 2.66. The van der Waals surface area contributed by atoms with Crippen molar-refractivity contribution in [1.29, 1.82) is 0 Å². The van der Waals surface area contributed by atoms with Gasteiger partial charge in [-0.3, -0.25) is 0 Å². The molecule has 0 saturated carbocycles. The van der Waals surface area contributed by atoms with Crippen molar-refractivity contribution in [2.24, 2.45) is 0 Å². The molecule has 1 aromatic carbocycles. The summed E-state index contributed by atoms with van der Waals surface area (Å²) in [6, 6.07) is 6.41. The first-order valence-electron chi connectivity index (χ1n) is 4.71. The van der Waals surface area contributed by atoms with E-state index >= 15 is 0 Å². The lowest BCUT2D eigenvalue weighted by Crippen LogP contribution is -2.32. The minimum atomic E-state index is 0.225. The fourth-order valence-electron chi connectivity index (χ4n) is 1.45. The van der Waals surface area contributed by atoms with Crippen LogP contribution in [0.1, 0.15) is 26.3 Å². The molecule has 1 nitrogen and oxygen atoms in total. The molecule has 0 saturated heterocycles. The molecule has 3 heteroatoms. The molecule has 1 aliphatic rings. The monoisotopic (exact) mass is 271 g/mol. The van der Waals surface area contributed by atoms with Crippen molar-refractivity contribution < 1.29 is 0 Å². The van der Waals surface area contributed by atoms with Gasteiger partial charge in [-0.25, -0.2) is 4.31 Å². The molecule has 0 aromatic heterocycles. The summed E-state index contributed by atoms with van der Waals surface area (Å²) in [6.45, 7) is 7.78. The van der Waals surface area contributed by atoms with Crippen LogP contribution in [0.2, 0.25) is 0 Å². The van der Waals surface area contributed by atoms with Gasteiger partial charge in [0, 0.05) is 21.5 Å². The Balaban J connectivity index is 2.31. The van der Waals surface area contributed by atoms with Crippen LogP contribution < -0.4 is 0 Å². The summed E-state index contributed by atoms with van der Waals surface area (Å²) in [6.07, 6.45) is 0. The first-order valence-corrected chi connectivity index (χ1v) is 6.28. The summed E-state index contributed by atoms with van der Waals surface area (Å²) in [5.74, 6) is 0. The second-order valence-electron chi connectivity index (χ2n) is 4.52. The molecule has 0 N–H and O–H groups in total. The zero-order chi connectivity index (χ0) is 10.3. The van der Waals surface area contributed by atoms with E-state index in [1.165, 1.54) is 14.9 Å². The average Bonchev–Trinajstić information content (AvgIpc) is 2.48. The SMILES string of the molecule is CC(C)(C)N1Cc2c(Br)cccc2S1. The van der Waals surface area contributed by atoms with Crippen molar-refractivity contribution in [2.45, 2.75) is 37.8 Å². The van der Waals surface area contributed by atoms with E-state index < -0.39 is 0 Å². The molecule has 0 bridgehead atoms. The quantitative estimate of drug-likeness (QED) is 0.655. The summed E-state index contributed by atoms with van der Waals surface area (Å²) >= 11 is 5.46. The van der Waals surface area contributed by atoms with Crippen molar-refractivity contribution >= 4 is 27.9 Å². The van der Waals surface area contributed by atoms with Crippen LogP contribution in [0.25, 0.3) is 0 Å². The second kappa shape index (κ2) is 3.54. The fraction of sp³-hybridized carbons (Fsp3) is 0.455. The van der Waals surface area contributed by atoms with Gasteiger partial charge in [-0.05, 0) is 50.4 Å². The Hall–Kier alpha value is 0.01000. The Morgan fingerprint density at radius 1 is 1.36 bits per heavy atom. The highest BCUT2D eigenvalue weighted by Gasteiger charge is 2.30. The topological polar surface area (TPSA) is 3.24 Å². The molecular formula is C11H14BrNS. The molecule has 0 atom stereocenters. The smallest absolute Gasteiger partial charge is 0.0372 e. The molecule has 1 aromatic rings. The molecule has 76 valence electrons. The predicted octanol–water partition coefficient (Wildman–Crippen LogP) is 4.07. The number of rotatable bonds is 0. The molecule has 14 heavy (non-hydrogen) atoms. The van der Waals surface area contributed by atoms with Crippen LogP contribution in [-0.2, 0) is 6.54 Å². The number of halogens is 1. The number of fused-ring (bicyclic) bond motifs is 1. The van der Waals surface area contributed by atoms with Crippen LogP contribution in [0, 0.1) is 0 Å². The largest absolute Gasteiger partial charge is 0.237 e. The maximum atomic E-state index is 3.60. The molecule has 0 radical (unpaired) electrons.